The lowest BCUT2D eigenvalue weighted by Gasteiger charge is -2.19. The molecular formula is C22H28N2O2S. The van der Waals surface area contributed by atoms with Gasteiger partial charge in [-0.1, -0.05) is 51.1 Å². The molecule has 5 heteroatoms. The molecule has 27 heavy (non-hydrogen) atoms. The monoisotopic (exact) mass is 384 g/mol. The van der Waals surface area contributed by atoms with Crippen molar-refractivity contribution in [2.45, 2.75) is 39.7 Å². The Hall–Kier alpha value is -2.14. The number of benzene rings is 1. The van der Waals surface area contributed by atoms with Crippen molar-refractivity contribution in [3.8, 4) is 0 Å². The first-order chi connectivity index (χ1) is 12.9. The smallest absolute Gasteiger partial charge is 0.240 e. The maximum absolute atomic E-state index is 12.4. The van der Waals surface area contributed by atoms with Gasteiger partial charge in [0.25, 0.3) is 0 Å². The molecule has 0 radical (unpaired) electrons. The lowest BCUT2D eigenvalue weighted by molar-refractivity contribution is -0.127. The lowest BCUT2D eigenvalue weighted by Crippen LogP contribution is -2.39. The van der Waals surface area contributed by atoms with Gasteiger partial charge in [0.1, 0.15) is 0 Å². The first-order valence-corrected chi connectivity index (χ1v) is 10.5. The fourth-order valence-corrected chi connectivity index (χ4v) is 4.09. The van der Waals surface area contributed by atoms with Crippen LogP contribution >= 0.6 is 11.3 Å². The van der Waals surface area contributed by atoms with E-state index in [0.29, 0.717) is 11.8 Å². The summed E-state index contributed by atoms with van der Waals surface area (Å²) in [7, 11) is 0. The molecule has 2 N–H and O–H groups in total. The Morgan fingerprint density at radius 2 is 1.89 bits per heavy atom. The molecule has 1 aromatic heterocycles. The van der Waals surface area contributed by atoms with Gasteiger partial charge in [-0.15, -0.1) is 11.3 Å². The molecule has 1 saturated carbocycles. The Kier molecular flexibility index (Phi) is 6.32. The average Bonchev–Trinajstić information content (AvgIpc) is 3.14. The first-order valence-electron chi connectivity index (χ1n) is 9.63. The van der Waals surface area contributed by atoms with Crippen LogP contribution in [0, 0.1) is 17.8 Å². The second-order valence-corrected chi connectivity index (χ2v) is 8.87. The zero-order chi connectivity index (χ0) is 19.4. The van der Waals surface area contributed by atoms with Crippen LogP contribution in [-0.4, -0.2) is 18.4 Å². The van der Waals surface area contributed by atoms with Gasteiger partial charge in [0, 0.05) is 10.8 Å². The second kappa shape index (κ2) is 8.70. The molecule has 0 aliphatic heterocycles. The molecule has 1 aliphatic rings. The Bertz CT molecular complexity index is 768. The van der Waals surface area contributed by atoms with Crippen LogP contribution < -0.4 is 10.6 Å². The Balaban J connectivity index is 1.65. The number of rotatable bonds is 8. The Morgan fingerprint density at radius 1 is 1.19 bits per heavy atom. The van der Waals surface area contributed by atoms with Gasteiger partial charge in [0.2, 0.25) is 11.8 Å². The predicted octanol–water partition coefficient (Wildman–Crippen LogP) is 3.92. The maximum atomic E-state index is 12.4. The molecule has 2 amide bonds. The number of amides is 2. The molecule has 3 unspecified atom stereocenters. The van der Waals surface area contributed by atoms with E-state index in [1.54, 1.807) is 11.3 Å². The molecule has 0 spiro atoms. The molecule has 1 heterocycles. The van der Waals surface area contributed by atoms with E-state index in [1.165, 1.54) is 5.56 Å². The van der Waals surface area contributed by atoms with Crippen molar-refractivity contribution in [1.29, 1.82) is 0 Å². The summed E-state index contributed by atoms with van der Waals surface area (Å²) in [4.78, 5) is 25.5. The topological polar surface area (TPSA) is 58.2 Å². The van der Waals surface area contributed by atoms with E-state index >= 15 is 0 Å². The van der Waals surface area contributed by atoms with Crippen molar-refractivity contribution in [3.05, 3.63) is 57.8 Å². The van der Waals surface area contributed by atoms with E-state index in [0.717, 1.165) is 23.3 Å². The van der Waals surface area contributed by atoms with Crippen molar-refractivity contribution in [2.24, 2.45) is 17.8 Å². The Labute approximate surface area is 165 Å². The molecule has 3 rings (SSSR count). The van der Waals surface area contributed by atoms with Crippen molar-refractivity contribution >= 4 is 23.2 Å². The van der Waals surface area contributed by atoms with Gasteiger partial charge in [0.15, 0.2) is 0 Å². The molecule has 0 bridgehead atoms. The zero-order valence-corrected chi connectivity index (χ0v) is 17.0. The van der Waals surface area contributed by atoms with E-state index in [4.69, 9.17) is 0 Å². The third-order valence-corrected chi connectivity index (χ3v) is 5.90. The molecular weight excluding hydrogens is 356 g/mol. The van der Waals surface area contributed by atoms with Crippen molar-refractivity contribution in [3.63, 3.8) is 0 Å². The summed E-state index contributed by atoms with van der Waals surface area (Å²) in [6.45, 7) is 6.49. The molecule has 4 nitrogen and oxygen atoms in total. The highest BCUT2D eigenvalue weighted by atomic mass is 32.1. The van der Waals surface area contributed by atoms with Gasteiger partial charge < -0.3 is 10.6 Å². The van der Waals surface area contributed by atoms with Crippen LogP contribution in [0.2, 0.25) is 0 Å². The van der Waals surface area contributed by atoms with Crippen LogP contribution in [0.4, 0.5) is 0 Å². The van der Waals surface area contributed by atoms with E-state index in [9.17, 15) is 9.59 Å². The SMILES string of the molecule is CC(C)Cc1ccc(C(NC(=O)CNC(=O)C2CC2C)c2cccs2)cc1. The number of hydrogen-bond donors (Lipinski definition) is 2. The zero-order valence-electron chi connectivity index (χ0n) is 16.2. The number of thiophene rings is 1. The number of nitrogens with one attached hydrogen (secondary N) is 2. The normalized spacial score (nSPS) is 19.6. The van der Waals surface area contributed by atoms with Crippen LogP contribution in [0.3, 0.4) is 0 Å². The lowest BCUT2D eigenvalue weighted by atomic mass is 9.99. The van der Waals surface area contributed by atoms with E-state index in [-0.39, 0.29) is 30.3 Å². The van der Waals surface area contributed by atoms with Gasteiger partial charge in [-0.3, -0.25) is 9.59 Å². The summed E-state index contributed by atoms with van der Waals surface area (Å²) in [5.74, 6) is 0.960. The minimum atomic E-state index is -0.192. The van der Waals surface area contributed by atoms with Gasteiger partial charge in [-0.25, -0.2) is 0 Å². The summed E-state index contributed by atoms with van der Waals surface area (Å²) < 4.78 is 0. The molecule has 2 aromatic rings. The fraction of sp³-hybridized carbons (Fsp3) is 0.455. The first kappa shape index (κ1) is 19.6. The highest BCUT2D eigenvalue weighted by Gasteiger charge is 2.39. The van der Waals surface area contributed by atoms with Crippen LogP contribution in [0.25, 0.3) is 0 Å². The molecule has 1 fully saturated rings. The largest absolute Gasteiger partial charge is 0.347 e. The highest BCUT2D eigenvalue weighted by Crippen LogP contribution is 2.37. The highest BCUT2D eigenvalue weighted by molar-refractivity contribution is 7.10. The van der Waals surface area contributed by atoms with Crippen LogP contribution in [0.5, 0.6) is 0 Å². The van der Waals surface area contributed by atoms with E-state index < -0.39 is 0 Å². The summed E-state index contributed by atoms with van der Waals surface area (Å²) in [5.41, 5.74) is 2.36. The molecule has 1 aliphatic carbocycles. The standard InChI is InChI=1S/C22H28N2O2S/c1-14(2)11-16-6-8-17(9-7-16)21(19-5-4-10-27-19)24-20(25)13-23-22(26)18-12-15(18)3/h4-10,14-15,18,21H,11-13H2,1-3H3,(H,23,26)(H,24,25). The third-order valence-electron chi connectivity index (χ3n) is 4.96. The fourth-order valence-electron chi connectivity index (χ4n) is 3.29. The minimum absolute atomic E-state index is 0.0108. The van der Waals surface area contributed by atoms with Gasteiger partial charge in [-0.2, -0.15) is 0 Å². The van der Waals surface area contributed by atoms with Gasteiger partial charge >= 0.3 is 0 Å². The van der Waals surface area contributed by atoms with Crippen molar-refractivity contribution in [1.82, 2.24) is 10.6 Å². The summed E-state index contributed by atoms with van der Waals surface area (Å²) >= 11 is 1.62. The minimum Gasteiger partial charge on any atom is -0.347 e. The molecule has 144 valence electrons. The molecule has 1 aromatic carbocycles. The van der Waals surface area contributed by atoms with Gasteiger partial charge in [0.05, 0.1) is 12.6 Å². The second-order valence-electron chi connectivity index (χ2n) is 7.89. The quantitative estimate of drug-likeness (QED) is 0.725. The van der Waals surface area contributed by atoms with Crippen molar-refractivity contribution in [2.75, 3.05) is 6.54 Å². The number of carbonyl (C=O) groups is 2. The Morgan fingerprint density at radius 3 is 2.44 bits per heavy atom. The molecule has 3 atom stereocenters. The van der Waals surface area contributed by atoms with Gasteiger partial charge in [-0.05, 0) is 47.3 Å². The summed E-state index contributed by atoms with van der Waals surface area (Å²) in [6.07, 6.45) is 1.97. The van der Waals surface area contributed by atoms with Crippen LogP contribution in [0.1, 0.15) is 49.2 Å². The van der Waals surface area contributed by atoms with Crippen LogP contribution in [0.15, 0.2) is 41.8 Å². The summed E-state index contributed by atoms with van der Waals surface area (Å²) in [6, 6.07) is 12.3. The summed E-state index contributed by atoms with van der Waals surface area (Å²) in [5, 5.41) is 7.85. The average molecular weight is 385 g/mol. The predicted molar refractivity (Wildman–Crippen MR) is 110 cm³/mol. The third kappa shape index (κ3) is 5.42. The number of carbonyl (C=O) groups excluding carboxylic acids is 2. The van der Waals surface area contributed by atoms with E-state index in [1.807, 2.05) is 17.5 Å². The van der Waals surface area contributed by atoms with Crippen LogP contribution in [-0.2, 0) is 16.0 Å². The van der Waals surface area contributed by atoms with Crippen molar-refractivity contribution < 1.29 is 9.59 Å². The maximum Gasteiger partial charge on any atom is 0.240 e. The molecule has 0 saturated heterocycles. The van der Waals surface area contributed by atoms with E-state index in [2.05, 4.69) is 55.7 Å². The number of hydrogen-bond acceptors (Lipinski definition) is 3.